The van der Waals surface area contributed by atoms with Crippen LogP contribution in [0.4, 0.5) is 10.1 Å². The third-order valence-corrected chi connectivity index (χ3v) is 4.69. The summed E-state index contributed by atoms with van der Waals surface area (Å²) < 4.78 is 13.8. The summed E-state index contributed by atoms with van der Waals surface area (Å²) in [6.07, 6.45) is 1.90. The van der Waals surface area contributed by atoms with Crippen molar-refractivity contribution in [2.75, 3.05) is 31.1 Å². The lowest BCUT2D eigenvalue weighted by molar-refractivity contribution is 0.197. The van der Waals surface area contributed by atoms with Gasteiger partial charge in [-0.05, 0) is 50.9 Å². The highest BCUT2D eigenvalue weighted by Crippen LogP contribution is 2.32. The molecule has 0 aromatic heterocycles. The van der Waals surface area contributed by atoms with Gasteiger partial charge in [0.2, 0.25) is 0 Å². The lowest BCUT2D eigenvalue weighted by Gasteiger charge is -2.40. The Balaban J connectivity index is 1.91. The lowest BCUT2D eigenvalue weighted by Crippen LogP contribution is -2.50. The molecule has 2 heterocycles. The third kappa shape index (κ3) is 2.42. The first-order chi connectivity index (χ1) is 9.56. The molecule has 2 aliphatic rings. The minimum absolute atomic E-state index is 0.232. The molecular weight excluding hydrogens is 255 g/mol. The number of aryl methyl sites for hydroxylation is 1. The molecule has 0 amide bonds. The molecule has 1 unspecified atom stereocenters. The van der Waals surface area contributed by atoms with Crippen LogP contribution in [0.25, 0.3) is 0 Å². The Kier molecular flexibility index (Phi) is 3.69. The van der Waals surface area contributed by atoms with Gasteiger partial charge >= 0.3 is 0 Å². The quantitative estimate of drug-likeness (QED) is 0.900. The summed E-state index contributed by atoms with van der Waals surface area (Å²) in [6.45, 7) is 7.73. The fourth-order valence-corrected chi connectivity index (χ4v) is 3.50. The van der Waals surface area contributed by atoms with Crippen LogP contribution in [0.1, 0.15) is 37.0 Å². The number of hydrogen-bond donors (Lipinski definition) is 1. The first-order valence-electron chi connectivity index (χ1n) is 7.53. The van der Waals surface area contributed by atoms with E-state index in [1.54, 1.807) is 13.8 Å². The topological polar surface area (TPSA) is 26.7 Å². The van der Waals surface area contributed by atoms with Crippen LogP contribution >= 0.6 is 0 Å². The van der Waals surface area contributed by atoms with Gasteiger partial charge in [-0.3, -0.25) is 4.90 Å². The van der Waals surface area contributed by atoms with Gasteiger partial charge in [0.1, 0.15) is 5.82 Å². The van der Waals surface area contributed by atoms with E-state index in [9.17, 15) is 9.50 Å². The predicted molar refractivity (Wildman–Crippen MR) is 78.6 cm³/mol. The van der Waals surface area contributed by atoms with Crippen molar-refractivity contribution in [1.82, 2.24) is 4.90 Å². The molecule has 1 aromatic rings. The van der Waals surface area contributed by atoms with E-state index in [1.165, 1.54) is 25.5 Å². The smallest absolute Gasteiger partial charge is 0.126 e. The van der Waals surface area contributed by atoms with Gasteiger partial charge in [0.25, 0.3) is 0 Å². The second-order valence-corrected chi connectivity index (χ2v) is 6.11. The predicted octanol–water partition coefficient (Wildman–Crippen LogP) is 2.47. The number of nitrogens with zero attached hydrogens (tertiary/aromatic N) is 2. The largest absolute Gasteiger partial charge is 0.389 e. The first-order valence-corrected chi connectivity index (χ1v) is 7.53. The molecule has 2 saturated heterocycles. The van der Waals surface area contributed by atoms with E-state index in [-0.39, 0.29) is 5.82 Å². The lowest BCUT2D eigenvalue weighted by atomic mass is 10.0. The number of benzene rings is 1. The molecule has 2 aliphatic heterocycles. The monoisotopic (exact) mass is 278 g/mol. The molecule has 2 atom stereocenters. The molecule has 110 valence electrons. The Labute approximate surface area is 120 Å². The Hall–Kier alpha value is -1.13. The van der Waals surface area contributed by atoms with Gasteiger partial charge < -0.3 is 10.0 Å². The highest BCUT2D eigenvalue weighted by atomic mass is 19.1. The molecule has 3 nitrogen and oxygen atoms in total. The number of aliphatic hydroxyl groups is 1. The van der Waals surface area contributed by atoms with Crippen LogP contribution in [0.3, 0.4) is 0 Å². The van der Waals surface area contributed by atoms with E-state index in [2.05, 4.69) is 9.80 Å². The Bertz CT molecular complexity index is 503. The summed E-state index contributed by atoms with van der Waals surface area (Å²) in [5, 5.41) is 9.93. The van der Waals surface area contributed by atoms with Crippen LogP contribution in [0.2, 0.25) is 0 Å². The zero-order valence-corrected chi connectivity index (χ0v) is 12.3. The summed E-state index contributed by atoms with van der Waals surface area (Å²) >= 11 is 0. The molecule has 0 bridgehead atoms. The second kappa shape index (κ2) is 5.34. The van der Waals surface area contributed by atoms with Crippen molar-refractivity contribution in [2.45, 2.75) is 38.8 Å². The fourth-order valence-electron chi connectivity index (χ4n) is 3.50. The van der Waals surface area contributed by atoms with Gasteiger partial charge in [-0.1, -0.05) is 0 Å². The van der Waals surface area contributed by atoms with E-state index in [4.69, 9.17) is 0 Å². The van der Waals surface area contributed by atoms with Crippen molar-refractivity contribution < 1.29 is 9.50 Å². The van der Waals surface area contributed by atoms with E-state index in [0.29, 0.717) is 17.2 Å². The van der Waals surface area contributed by atoms with E-state index >= 15 is 0 Å². The van der Waals surface area contributed by atoms with E-state index in [0.717, 1.165) is 25.3 Å². The molecule has 0 radical (unpaired) electrons. The first kappa shape index (κ1) is 13.8. The van der Waals surface area contributed by atoms with Crippen molar-refractivity contribution in [1.29, 1.82) is 0 Å². The second-order valence-electron chi connectivity index (χ2n) is 6.11. The standard InChI is InChI=1S/C16H23FN2O/c1-11-8-16(14(12(2)20)9-15(11)17)19-7-6-18-5-3-4-13(18)10-19/h8-9,12-13,20H,3-7,10H2,1-2H3/t12-,13?/m0/s1. The summed E-state index contributed by atoms with van der Waals surface area (Å²) in [6, 6.07) is 4.01. The number of anilines is 1. The van der Waals surface area contributed by atoms with Crippen molar-refractivity contribution in [2.24, 2.45) is 0 Å². The Morgan fingerprint density at radius 1 is 1.30 bits per heavy atom. The van der Waals surface area contributed by atoms with Crippen LogP contribution in [0.5, 0.6) is 0 Å². The van der Waals surface area contributed by atoms with Gasteiger partial charge in [0.05, 0.1) is 6.10 Å². The average molecular weight is 278 g/mol. The number of rotatable bonds is 2. The van der Waals surface area contributed by atoms with Crippen LogP contribution in [-0.2, 0) is 0 Å². The van der Waals surface area contributed by atoms with Crippen molar-refractivity contribution in [3.63, 3.8) is 0 Å². The molecule has 0 spiro atoms. The van der Waals surface area contributed by atoms with Crippen LogP contribution in [0.15, 0.2) is 12.1 Å². The van der Waals surface area contributed by atoms with E-state index in [1.807, 2.05) is 6.07 Å². The zero-order chi connectivity index (χ0) is 14.3. The van der Waals surface area contributed by atoms with Gasteiger partial charge in [0, 0.05) is 36.9 Å². The minimum Gasteiger partial charge on any atom is -0.389 e. The summed E-state index contributed by atoms with van der Waals surface area (Å²) in [5.74, 6) is -0.232. The Morgan fingerprint density at radius 2 is 2.10 bits per heavy atom. The molecule has 2 fully saturated rings. The number of fused-ring (bicyclic) bond motifs is 1. The van der Waals surface area contributed by atoms with Gasteiger partial charge in [-0.25, -0.2) is 4.39 Å². The number of piperazine rings is 1. The molecule has 0 aliphatic carbocycles. The van der Waals surface area contributed by atoms with E-state index < -0.39 is 6.10 Å². The van der Waals surface area contributed by atoms with Gasteiger partial charge in [-0.2, -0.15) is 0 Å². The number of aliphatic hydroxyl groups excluding tert-OH is 1. The maximum Gasteiger partial charge on any atom is 0.126 e. The summed E-state index contributed by atoms with van der Waals surface area (Å²) in [4.78, 5) is 4.87. The van der Waals surface area contributed by atoms with Crippen LogP contribution in [0, 0.1) is 12.7 Å². The van der Waals surface area contributed by atoms with Gasteiger partial charge in [-0.15, -0.1) is 0 Å². The zero-order valence-electron chi connectivity index (χ0n) is 12.3. The van der Waals surface area contributed by atoms with Crippen LogP contribution in [-0.4, -0.2) is 42.2 Å². The maximum absolute atomic E-state index is 13.8. The summed E-state index contributed by atoms with van der Waals surface area (Å²) in [5.41, 5.74) is 2.36. The molecular formula is C16H23FN2O. The molecule has 3 rings (SSSR count). The highest BCUT2D eigenvalue weighted by molar-refractivity contribution is 5.57. The fraction of sp³-hybridized carbons (Fsp3) is 0.625. The minimum atomic E-state index is -0.637. The normalized spacial score (nSPS) is 24.8. The number of hydrogen-bond acceptors (Lipinski definition) is 3. The Morgan fingerprint density at radius 3 is 2.85 bits per heavy atom. The maximum atomic E-state index is 13.8. The van der Waals surface area contributed by atoms with Crippen molar-refractivity contribution >= 4 is 5.69 Å². The molecule has 0 saturated carbocycles. The highest BCUT2D eigenvalue weighted by Gasteiger charge is 2.31. The van der Waals surface area contributed by atoms with Crippen molar-refractivity contribution in [3.05, 3.63) is 29.1 Å². The molecule has 1 aromatic carbocycles. The molecule has 1 N–H and O–H groups in total. The summed E-state index contributed by atoms with van der Waals surface area (Å²) in [7, 11) is 0. The van der Waals surface area contributed by atoms with Crippen molar-refractivity contribution in [3.8, 4) is 0 Å². The number of halogens is 1. The van der Waals surface area contributed by atoms with Crippen LogP contribution < -0.4 is 4.90 Å². The average Bonchev–Trinajstić information content (AvgIpc) is 2.88. The SMILES string of the molecule is Cc1cc(N2CCN3CCCC3C2)c([C@H](C)O)cc1F. The molecule has 20 heavy (non-hydrogen) atoms. The third-order valence-electron chi connectivity index (χ3n) is 4.69. The molecule has 4 heteroatoms. The van der Waals surface area contributed by atoms with Gasteiger partial charge in [0.15, 0.2) is 0 Å².